The zero-order valence-corrected chi connectivity index (χ0v) is 12.6. The fraction of sp³-hybridized carbons (Fsp3) is 0.133. The van der Waals surface area contributed by atoms with Gasteiger partial charge in [-0.05, 0) is 55.3 Å². The van der Waals surface area contributed by atoms with Crippen LogP contribution in [0, 0.1) is 6.92 Å². The van der Waals surface area contributed by atoms with Crippen LogP contribution in [0.5, 0.6) is 0 Å². The molecule has 0 bridgehead atoms. The molecule has 0 saturated carbocycles. The van der Waals surface area contributed by atoms with Crippen molar-refractivity contribution < 1.29 is 0 Å². The fourth-order valence-corrected chi connectivity index (χ4v) is 2.18. The average molecular weight is 323 g/mol. The van der Waals surface area contributed by atoms with E-state index in [0.717, 1.165) is 32.0 Å². The van der Waals surface area contributed by atoms with Crippen LogP contribution in [-0.2, 0) is 0 Å². The molecule has 0 aliphatic rings. The lowest BCUT2D eigenvalue weighted by Gasteiger charge is -2.04. The first kappa shape index (κ1) is 13.3. The number of hydrogen-bond donors (Lipinski definition) is 0. The highest BCUT2D eigenvalue weighted by molar-refractivity contribution is 9.10. The van der Waals surface area contributed by atoms with E-state index in [2.05, 4.69) is 27.0 Å². The van der Waals surface area contributed by atoms with E-state index in [9.17, 15) is 0 Å². The van der Waals surface area contributed by atoms with Crippen molar-refractivity contribution >= 4 is 38.9 Å². The van der Waals surface area contributed by atoms with E-state index in [0.29, 0.717) is 0 Å². The van der Waals surface area contributed by atoms with Crippen LogP contribution in [0.2, 0.25) is 5.02 Å². The van der Waals surface area contributed by atoms with E-state index in [1.807, 2.05) is 50.2 Å². The Labute approximate surface area is 121 Å². The molecule has 2 aromatic carbocycles. The largest absolute Gasteiger partial charge is 0.253 e. The highest BCUT2D eigenvalue weighted by Gasteiger charge is 2.01. The maximum atomic E-state index is 6.02. The summed E-state index contributed by atoms with van der Waals surface area (Å²) < 4.78 is 1.03. The Hall–Kier alpha value is -1.12. The number of halogens is 2. The van der Waals surface area contributed by atoms with Gasteiger partial charge in [-0.1, -0.05) is 39.7 Å². The second-order valence-corrected chi connectivity index (χ2v) is 5.46. The van der Waals surface area contributed by atoms with Crippen molar-refractivity contribution in [3.05, 3.63) is 63.1 Å². The molecule has 0 N–H and O–H groups in total. The molecule has 0 saturated heterocycles. The van der Waals surface area contributed by atoms with Crippen LogP contribution in [0.3, 0.4) is 0 Å². The first-order valence-corrected chi connectivity index (χ1v) is 6.81. The standard InChI is InChI=1S/C15H13BrClN/c1-10-8-12(6-7-15(10)17)11(2)18-14-5-3-4-13(16)9-14/h3-9H,1-2H3. The minimum Gasteiger partial charge on any atom is -0.253 e. The summed E-state index contributed by atoms with van der Waals surface area (Å²) in [5.41, 5.74) is 4.08. The van der Waals surface area contributed by atoms with E-state index in [1.54, 1.807) is 0 Å². The maximum Gasteiger partial charge on any atom is 0.0644 e. The van der Waals surface area contributed by atoms with Gasteiger partial charge in [-0.2, -0.15) is 0 Å². The van der Waals surface area contributed by atoms with Crippen LogP contribution in [0.25, 0.3) is 0 Å². The number of aliphatic imine (C=N–C) groups is 1. The first-order valence-electron chi connectivity index (χ1n) is 5.63. The van der Waals surface area contributed by atoms with Crippen LogP contribution in [-0.4, -0.2) is 5.71 Å². The SMILES string of the molecule is CC(=Nc1cccc(Br)c1)c1ccc(Cl)c(C)c1. The molecule has 0 aromatic heterocycles. The molecule has 2 rings (SSSR count). The fourth-order valence-electron chi connectivity index (χ4n) is 1.67. The van der Waals surface area contributed by atoms with Gasteiger partial charge < -0.3 is 0 Å². The van der Waals surface area contributed by atoms with Crippen LogP contribution in [0.1, 0.15) is 18.1 Å². The third kappa shape index (κ3) is 3.21. The minimum absolute atomic E-state index is 0.786. The molecule has 0 aliphatic heterocycles. The van der Waals surface area contributed by atoms with Crippen LogP contribution < -0.4 is 0 Å². The van der Waals surface area contributed by atoms with Crippen molar-refractivity contribution in [2.75, 3.05) is 0 Å². The molecule has 0 amide bonds. The van der Waals surface area contributed by atoms with Crippen molar-refractivity contribution in [3.63, 3.8) is 0 Å². The Morgan fingerprint density at radius 2 is 1.94 bits per heavy atom. The van der Waals surface area contributed by atoms with Gasteiger partial charge >= 0.3 is 0 Å². The Kier molecular flexibility index (Phi) is 4.20. The molecule has 2 aromatic rings. The molecule has 0 radical (unpaired) electrons. The van der Waals surface area contributed by atoms with Gasteiger partial charge in [-0.25, -0.2) is 0 Å². The number of benzene rings is 2. The Morgan fingerprint density at radius 3 is 2.61 bits per heavy atom. The minimum atomic E-state index is 0.786. The van der Waals surface area contributed by atoms with Gasteiger partial charge in [0.15, 0.2) is 0 Å². The highest BCUT2D eigenvalue weighted by Crippen LogP contribution is 2.21. The van der Waals surface area contributed by atoms with Gasteiger partial charge in [0, 0.05) is 15.2 Å². The highest BCUT2D eigenvalue weighted by atomic mass is 79.9. The molecule has 0 aliphatic carbocycles. The van der Waals surface area contributed by atoms with Gasteiger partial charge in [0.25, 0.3) is 0 Å². The van der Waals surface area contributed by atoms with Crippen LogP contribution >= 0.6 is 27.5 Å². The molecular formula is C15H13BrClN. The Balaban J connectivity index is 2.35. The molecule has 0 heterocycles. The molecule has 0 atom stereocenters. The number of rotatable bonds is 2. The predicted molar refractivity (Wildman–Crippen MR) is 82.2 cm³/mol. The summed E-state index contributed by atoms with van der Waals surface area (Å²) in [7, 11) is 0. The summed E-state index contributed by atoms with van der Waals surface area (Å²) in [6.45, 7) is 4.00. The second-order valence-electron chi connectivity index (χ2n) is 4.14. The molecule has 0 unspecified atom stereocenters. The van der Waals surface area contributed by atoms with Crippen LogP contribution in [0.15, 0.2) is 51.9 Å². The molecule has 18 heavy (non-hydrogen) atoms. The smallest absolute Gasteiger partial charge is 0.0644 e. The summed E-state index contributed by atoms with van der Waals surface area (Å²) in [6, 6.07) is 13.9. The van der Waals surface area contributed by atoms with E-state index < -0.39 is 0 Å². The van der Waals surface area contributed by atoms with Crippen LogP contribution in [0.4, 0.5) is 5.69 Å². The normalized spacial score (nSPS) is 11.7. The molecule has 0 spiro atoms. The third-order valence-corrected chi connectivity index (χ3v) is 3.60. The number of aryl methyl sites for hydroxylation is 1. The molecule has 3 heteroatoms. The van der Waals surface area contributed by atoms with Crippen molar-refractivity contribution in [2.45, 2.75) is 13.8 Å². The Bertz CT molecular complexity index is 605. The summed E-state index contributed by atoms with van der Waals surface area (Å²) in [5.74, 6) is 0. The average Bonchev–Trinajstić information content (AvgIpc) is 2.32. The lowest BCUT2D eigenvalue weighted by atomic mass is 10.1. The van der Waals surface area contributed by atoms with Gasteiger partial charge in [-0.3, -0.25) is 4.99 Å². The van der Waals surface area contributed by atoms with Gasteiger partial charge in [0.05, 0.1) is 5.69 Å². The quantitative estimate of drug-likeness (QED) is 0.643. The van der Waals surface area contributed by atoms with Crippen molar-refractivity contribution in [2.24, 2.45) is 4.99 Å². The molecular weight excluding hydrogens is 310 g/mol. The summed E-state index contributed by atoms with van der Waals surface area (Å²) in [5, 5.41) is 0.786. The van der Waals surface area contributed by atoms with E-state index >= 15 is 0 Å². The molecule has 92 valence electrons. The second kappa shape index (κ2) is 5.68. The van der Waals surface area contributed by atoms with Crippen molar-refractivity contribution in [1.82, 2.24) is 0 Å². The Morgan fingerprint density at radius 1 is 1.17 bits per heavy atom. The lowest BCUT2D eigenvalue weighted by molar-refractivity contribution is 1.42. The van der Waals surface area contributed by atoms with Gasteiger partial charge in [0.2, 0.25) is 0 Å². The zero-order valence-electron chi connectivity index (χ0n) is 10.2. The topological polar surface area (TPSA) is 12.4 Å². The number of nitrogens with zero attached hydrogens (tertiary/aromatic N) is 1. The summed E-state index contributed by atoms with van der Waals surface area (Å²) >= 11 is 9.46. The van der Waals surface area contributed by atoms with Gasteiger partial charge in [0.1, 0.15) is 0 Å². The zero-order chi connectivity index (χ0) is 13.1. The van der Waals surface area contributed by atoms with E-state index in [4.69, 9.17) is 11.6 Å². The molecule has 0 fully saturated rings. The summed E-state index contributed by atoms with van der Waals surface area (Å²) in [6.07, 6.45) is 0. The first-order chi connectivity index (χ1) is 8.56. The van der Waals surface area contributed by atoms with Crippen molar-refractivity contribution in [3.8, 4) is 0 Å². The number of hydrogen-bond acceptors (Lipinski definition) is 1. The summed E-state index contributed by atoms with van der Waals surface area (Å²) in [4.78, 5) is 4.60. The van der Waals surface area contributed by atoms with E-state index in [-0.39, 0.29) is 0 Å². The predicted octanol–water partition coefficient (Wildman–Crippen LogP) is 5.55. The van der Waals surface area contributed by atoms with Gasteiger partial charge in [-0.15, -0.1) is 0 Å². The third-order valence-electron chi connectivity index (χ3n) is 2.68. The van der Waals surface area contributed by atoms with E-state index in [1.165, 1.54) is 0 Å². The molecule has 1 nitrogen and oxygen atoms in total. The van der Waals surface area contributed by atoms with Crippen molar-refractivity contribution in [1.29, 1.82) is 0 Å². The lowest BCUT2D eigenvalue weighted by Crippen LogP contribution is -1.94. The monoisotopic (exact) mass is 321 g/mol. The maximum absolute atomic E-state index is 6.02.